The van der Waals surface area contributed by atoms with Crippen molar-refractivity contribution >= 4 is 33.0 Å². The molecule has 0 aliphatic rings. The van der Waals surface area contributed by atoms with Gasteiger partial charge in [-0.25, -0.2) is 19.3 Å². The van der Waals surface area contributed by atoms with Crippen LogP contribution in [0.4, 0.5) is 0 Å². The highest BCUT2D eigenvalue weighted by molar-refractivity contribution is 6.10. The number of hydrogen-bond acceptors (Lipinski definition) is 4. The highest BCUT2D eigenvalue weighted by atomic mass is 15.3. The van der Waals surface area contributed by atoms with Crippen molar-refractivity contribution in [3.05, 3.63) is 108 Å². The van der Waals surface area contributed by atoms with Crippen LogP contribution in [0.2, 0.25) is 0 Å². The van der Waals surface area contributed by atoms with Gasteiger partial charge in [0.05, 0.1) is 44.7 Å². The molecule has 0 N–H and O–H groups in total. The molecular formula is C31H24N6. The van der Waals surface area contributed by atoms with E-state index in [9.17, 15) is 0 Å². The predicted molar refractivity (Wildman–Crippen MR) is 148 cm³/mol. The Bertz CT molecular complexity index is 1850. The first-order chi connectivity index (χ1) is 18.1. The van der Waals surface area contributed by atoms with Crippen LogP contribution in [0, 0.1) is 20.8 Å². The summed E-state index contributed by atoms with van der Waals surface area (Å²) < 4.78 is 3.85. The lowest BCUT2D eigenvalue weighted by Crippen LogP contribution is -2.01. The average Bonchev–Trinajstić information content (AvgIpc) is 3.45. The molecule has 0 fully saturated rings. The van der Waals surface area contributed by atoms with E-state index in [2.05, 4.69) is 37.3 Å². The maximum atomic E-state index is 5.21. The number of para-hydroxylation sites is 2. The Hall–Kier alpha value is -4.84. The molecule has 3 aromatic carbocycles. The van der Waals surface area contributed by atoms with Gasteiger partial charge in [-0.2, -0.15) is 10.2 Å². The first-order valence-electron chi connectivity index (χ1n) is 12.4. The molecule has 0 aliphatic heterocycles. The lowest BCUT2D eigenvalue weighted by molar-refractivity contribution is 0.863. The van der Waals surface area contributed by atoms with E-state index in [-0.39, 0.29) is 0 Å². The summed E-state index contributed by atoms with van der Waals surface area (Å²) in [6, 6.07) is 30.9. The fraction of sp³-hybridized carbons (Fsp3) is 0.0968. The summed E-state index contributed by atoms with van der Waals surface area (Å²) in [5.41, 5.74) is 9.39. The minimum atomic E-state index is 0.786. The Kier molecular flexibility index (Phi) is 4.69. The Morgan fingerprint density at radius 1 is 0.568 bits per heavy atom. The van der Waals surface area contributed by atoms with Crippen LogP contribution in [0.25, 0.3) is 55.6 Å². The fourth-order valence-electron chi connectivity index (χ4n) is 5.19. The quantitative estimate of drug-likeness (QED) is 0.276. The Morgan fingerprint density at radius 2 is 1.14 bits per heavy atom. The van der Waals surface area contributed by atoms with Crippen molar-refractivity contribution < 1.29 is 0 Å². The van der Waals surface area contributed by atoms with Crippen molar-refractivity contribution in [3.63, 3.8) is 0 Å². The summed E-state index contributed by atoms with van der Waals surface area (Å²) >= 11 is 0. The zero-order valence-corrected chi connectivity index (χ0v) is 20.8. The van der Waals surface area contributed by atoms with Gasteiger partial charge in [-0.15, -0.1) is 0 Å². The maximum Gasteiger partial charge on any atom is 0.166 e. The van der Waals surface area contributed by atoms with E-state index in [1.54, 1.807) is 0 Å². The van der Waals surface area contributed by atoms with Gasteiger partial charge in [-0.05, 0) is 63.2 Å². The molecule has 178 valence electrons. The second-order valence-corrected chi connectivity index (χ2v) is 9.44. The van der Waals surface area contributed by atoms with E-state index in [1.807, 2.05) is 83.9 Å². The third-order valence-corrected chi connectivity index (χ3v) is 6.89. The first-order valence-corrected chi connectivity index (χ1v) is 12.4. The van der Waals surface area contributed by atoms with Gasteiger partial charge < -0.3 is 0 Å². The summed E-state index contributed by atoms with van der Waals surface area (Å²) in [7, 11) is 0. The van der Waals surface area contributed by atoms with Gasteiger partial charge in [0, 0.05) is 10.9 Å². The van der Waals surface area contributed by atoms with Crippen LogP contribution in [0.1, 0.15) is 17.0 Å². The van der Waals surface area contributed by atoms with E-state index < -0.39 is 0 Å². The molecule has 0 saturated carbocycles. The zero-order valence-electron chi connectivity index (χ0n) is 20.8. The van der Waals surface area contributed by atoms with Gasteiger partial charge >= 0.3 is 0 Å². The highest BCUT2D eigenvalue weighted by Gasteiger charge is 2.24. The molecule has 0 amide bonds. The Labute approximate surface area is 213 Å². The number of rotatable bonds is 3. The number of aromatic nitrogens is 6. The van der Waals surface area contributed by atoms with Crippen molar-refractivity contribution in [2.75, 3.05) is 0 Å². The van der Waals surface area contributed by atoms with Crippen LogP contribution in [-0.2, 0) is 0 Å². The molecule has 0 aliphatic carbocycles. The van der Waals surface area contributed by atoms with Crippen LogP contribution in [0.3, 0.4) is 0 Å². The lowest BCUT2D eigenvalue weighted by atomic mass is 10.0. The van der Waals surface area contributed by atoms with E-state index in [0.717, 1.165) is 67.0 Å². The molecular weight excluding hydrogens is 456 g/mol. The largest absolute Gasteiger partial charge is 0.248 e. The first kappa shape index (κ1) is 21.4. The van der Waals surface area contributed by atoms with Gasteiger partial charge in [0.15, 0.2) is 11.3 Å². The van der Waals surface area contributed by atoms with Crippen molar-refractivity contribution in [1.82, 2.24) is 29.5 Å². The van der Waals surface area contributed by atoms with Crippen molar-refractivity contribution in [3.8, 4) is 22.6 Å². The zero-order chi connectivity index (χ0) is 25.1. The Morgan fingerprint density at radius 3 is 1.70 bits per heavy atom. The summed E-state index contributed by atoms with van der Waals surface area (Å²) in [4.78, 5) is 10.3. The normalized spacial score (nSPS) is 11.6. The number of aryl methyl sites for hydroxylation is 3. The number of nitrogens with zero attached hydrogens (tertiary/aromatic N) is 6. The smallest absolute Gasteiger partial charge is 0.166 e. The number of benzene rings is 3. The third-order valence-electron chi connectivity index (χ3n) is 6.89. The molecule has 0 saturated heterocycles. The molecule has 37 heavy (non-hydrogen) atoms. The third kappa shape index (κ3) is 3.33. The second kappa shape index (κ2) is 8.10. The highest BCUT2D eigenvalue weighted by Crippen LogP contribution is 2.39. The second-order valence-electron chi connectivity index (χ2n) is 9.44. The lowest BCUT2D eigenvalue weighted by Gasteiger charge is -2.10. The van der Waals surface area contributed by atoms with Crippen LogP contribution in [-0.4, -0.2) is 29.5 Å². The van der Waals surface area contributed by atoms with Crippen molar-refractivity contribution in [2.24, 2.45) is 0 Å². The molecule has 7 rings (SSSR count). The predicted octanol–water partition coefficient (Wildman–Crippen LogP) is 6.90. The summed E-state index contributed by atoms with van der Waals surface area (Å²) in [6.45, 7) is 6.19. The standard InChI is InChI=1S/C31H24N6/c1-19-14-16-25-22(18-19)15-17-26(32-25)29-27-20(2)34-36(23-10-6-4-7-11-23)30(27)33-31-28(29)21(3)35-37(31)24-12-8-5-9-13-24/h4-18H,1-3H3. The topological polar surface area (TPSA) is 61.4 Å². The van der Waals surface area contributed by atoms with Crippen LogP contribution in [0.15, 0.2) is 91.0 Å². The average molecular weight is 481 g/mol. The molecule has 6 nitrogen and oxygen atoms in total. The van der Waals surface area contributed by atoms with Gasteiger partial charge in [0.2, 0.25) is 0 Å². The van der Waals surface area contributed by atoms with Crippen LogP contribution >= 0.6 is 0 Å². The molecule has 6 heteroatoms. The molecule has 0 radical (unpaired) electrons. The van der Waals surface area contributed by atoms with Gasteiger partial charge in [0.1, 0.15) is 0 Å². The van der Waals surface area contributed by atoms with Gasteiger partial charge in [-0.3, -0.25) is 0 Å². The summed E-state index contributed by atoms with van der Waals surface area (Å²) in [6.07, 6.45) is 0. The molecule has 0 bridgehead atoms. The molecule has 0 atom stereocenters. The maximum absolute atomic E-state index is 5.21. The summed E-state index contributed by atoms with van der Waals surface area (Å²) in [5, 5.41) is 13.0. The molecule has 7 aromatic rings. The minimum Gasteiger partial charge on any atom is -0.248 e. The SMILES string of the molecule is Cc1ccc2nc(-c3c4c(C)nn(-c5ccccc5)c4nc4c3c(C)nn4-c3ccccc3)ccc2c1. The van der Waals surface area contributed by atoms with E-state index >= 15 is 0 Å². The van der Waals surface area contributed by atoms with Gasteiger partial charge in [-0.1, -0.05) is 54.1 Å². The number of pyridine rings is 2. The molecule has 0 unspecified atom stereocenters. The van der Waals surface area contributed by atoms with Crippen LogP contribution < -0.4 is 0 Å². The van der Waals surface area contributed by atoms with E-state index in [4.69, 9.17) is 20.2 Å². The number of hydrogen-bond donors (Lipinski definition) is 0. The minimum absolute atomic E-state index is 0.786. The van der Waals surface area contributed by atoms with E-state index in [0.29, 0.717) is 0 Å². The summed E-state index contributed by atoms with van der Waals surface area (Å²) in [5.74, 6) is 0. The Balaban J connectivity index is 1.64. The molecule has 4 aromatic heterocycles. The van der Waals surface area contributed by atoms with E-state index in [1.165, 1.54) is 5.56 Å². The molecule has 0 spiro atoms. The number of fused-ring (bicyclic) bond motifs is 3. The van der Waals surface area contributed by atoms with Crippen LogP contribution in [0.5, 0.6) is 0 Å². The fourth-order valence-corrected chi connectivity index (χ4v) is 5.19. The van der Waals surface area contributed by atoms with Gasteiger partial charge in [0.25, 0.3) is 0 Å². The van der Waals surface area contributed by atoms with Crippen molar-refractivity contribution in [2.45, 2.75) is 20.8 Å². The molecule has 4 heterocycles. The van der Waals surface area contributed by atoms with Crippen molar-refractivity contribution in [1.29, 1.82) is 0 Å². The monoisotopic (exact) mass is 480 g/mol.